The van der Waals surface area contributed by atoms with E-state index in [-0.39, 0.29) is 23.9 Å². The van der Waals surface area contributed by atoms with Gasteiger partial charge in [0.25, 0.3) is 5.69 Å². The van der Waals surface area contributed by atoms with Gasteiger partial charge in [0.15, 0.2) is 0 Å². The number of nitrogens with one attached hydrogen (secondary N) is 2. The number of carbonyl (C=O) groups excluding carboxylic acids is 1. The predicted molar refractivity (Wildman–Crippen MR) is 112 cm³/mol. The number of carbonyl (C=O) groups is 1. The molecule has 1 unspecified atom stereocenters. The van der Waals surface area contributed by atoms with E-state index in [1.807, 2.05) is 38.2 Å². The second-order valence-corrected chi connectivity index (χ2v) is 7.46. The number of H-pyrrole nitrogens is 1. The van der Waals surface area contributed by atoms with Crippen molar-refractivity contribution in [3.05, 3.63) is 69.9 Å². The Balaban J connectivity index is 2.00. The van der Waals surface area contributed by atoms with Crippen molar-refractivity contribution in [2.45, 2.75) is 26.2 Å². The molecule has 29 heavy (non-hydrogen) atoms. The van der Waals surface area contributed by atoms with Gasteiger partial charge in [-0.1, -0.05) is 26.0 Å². The minimum Gasteiger partial charge on any atom is -0.497 e. The maximum absolute atomic E-state index is 12.6. The smallest absolute Gasteiger partial charge is 0.269 e. The van der Waals surface area contributed by atoms with Crippen molar-refractivity contribution in [3.8, 4) is 5.75 Å². The molecule has 0 aliphatic rings. The van der Waals surface area contributed by atoms with E-state index in [1.54, 1.807) is 19.2 Å². The van der Waals surface area contributed by atoms with Gasteiger partial charge < -0.3 is 15.0 Å². The molecule has 0 aliphatic heterocycles. The second-order valence-electron chi connectivity index (χ2n) is 7.46. The van der Waals surface area contributed by atoms with Crippen LogP contribution in [0.3, 0.4) is 0 Å². The van der Waals surface area contributed by atoms with Crippen LogP contribution in [0, 0.1) is 16.0 Å². The number of amides is 1. The second kappa shape index (κ2) is 8.77. The summed E-state index contributed by atoms with van der Waals surface area (Å²) < 4.78 is 5.35. The molecule has 152 valence electrons. The number of hydrogen-bond donors (Lipinski definition) is 2. The molecule has 0 spiro atoms. The van der Waals surface area contributed by atoms with Gasteiger partial charge in [0, 0.05) is 48.1 Å². The van der Waals surface area contributed by atoms with Crippen LogP contribution in [0.25, 0.3) is 10.9 Å². The number of aromatic nitrogens is 1. The molecule has 1 heterocycles. The standard InChI is InChI=1S/C22H25N3O4/c1-14(2)12-24-22(26)11-18(15-4-6-16(7-5-15)25(27)28)20-13-23-21-9-8-17(29-3)10-19(20)21/h4-10,13-14,18,23H,11-12H2,1-3H3,(H,24,26). The van der Waals surface area contributed by atoms with E-state index >= 15 is 0 Å². The van der Waals surface area contributed by atoms with Crippen molar-refractivity contribution in [2.75, 3.05) is 13.7 Å². The van der Waals surface area contributed by atoms with Gasteiger partial charge in [0.1, 0.15) is 5.75 Å². The zero-order chi connectivity index (χ0) is 21.0. The fourth-order valence-corrected chi connectivity index (χ4v) is 3.35. The largest absolute Gasteiger partial charge is 0.497 e. The van der Waals surface area contributed by atoms with Crippen molar-refractivity contribution < 1.29 is 14.5 Å². The van der Waals surface area contributed by atoms with E-state index in [0.717, 1.165) is 27.8 Å². The zero-order valence-electron chi connectivity index (χ0n) is 16.8. The number of methoxy groups -OCH3 is 1. The van der Waals surface area contributed by atoms with Crippen molar-refractivity contribution in [3.63, 3.8) is 0 Å². The number of hydrogen-bond acceptors (Lipinski definition) is 4. The van der Waals surface area contributed by atoms with Gasteiger partial charge in [-0.2, -0.15) is 0 Å². The van der Waals surface area contributed by atoms with Crippen LogP contribution >= 0.6 is 0 Å². The molecular formula is C22H25N3O4. The quantitative estimate of drug-likeness (QED) is 0.437. The first-order valence-corrected chi connectivity index (χ1v) is 9.55. The van der Waals surface area contributed by atoms with Crippen LogP contribution in [0.15, 0.2) is 48.7 Å². The molecule has 2 N–H and O–H groups in total. The van der Waals surface area contributed by atoms with E-state index < -0.39 is 4.92 Å². The summed E-state index contributed by atoms with van der Waals surface area (Å²) in [5, 5.41) is 14.9. The molecule has 1 aromatic heterocycles. The highest BCUT2D eigenvalue weighted by Gasteiger charge is 2.22. The molecule has 7 heteroatoms. The van der Waals surface area contributed by atoms with Crippen LogP contribution in [-0.2, 0) is 4.79 Å². The molecule has 0 saturated heterocycles. The van der Waals surface area contributed by atoms with Gasteiger partial charge in [0.2, 0.25) is 5.91 Å². The Morgan fingerprint density at radius 2 is 1.93 bits per heavy atom. The first kappa shape index (κ1) is 20.4. The van der Waals surface area contributed by atoms with Gasteiger partial charge in [-0.15, -0.1) is 0 Å². The Labute approximate surface area is 169 Å². The van der Waals surface area contributed by atoms with Crippen molar-refractivity contribution >= 4 is 22.5 Å². The molecule has 0 fully saturated rings. The molecule has 2 aromatic carbocycles. The van der Waals surface area contributed by atoms with E-state index in [2.05, 4.69) is 10.3 Å². The first-order valence-electron chi connectivity index (χ1n) is 9.55. The Bertz CT molecular complexity index is 1010. The monoisotopic (exact) mass is 395 g/mol. The molecule has 0 radical (unpaired) electrons. The van der Waals surface area contributed by atoms with Crippen LogP contribution in [0.4, 0.5) is 5.69 Å². The van der Waals surface area contributed by atoms with Gasteiger partial charge in [-0.05, 0) is 35.2 Å². The highest BCUT2D eigenvalue weighted by Crippen LogP contribution is 2.35. The molecular weight excluding hydrogens is 370 g/mol. The average molecular weight is 395 g/mol. The third-order valence-electron chi connectivity index (χ3n) is 4.90. The van der Waals surface area contributed by atoms with Crippen molar-refractivity contribution in [2.24, 2.45) is 5.92 Å². The third kappa shape index (κ3) is 4.74. The SMILES string of the molecule is COc1ccc2[nH]cc(C(CC(=O)NCC(C)C)c3ccc([N+](=O)[O-])cc3)c2c1. The lowest BCUT2D eigenvalue weighted by Crippen LogP contribution is -2.28. The Kier molecular flexibility index (Phi) is 6.16. The molecule has 0 aliphatic carbocycles. The minimum atomic E-state index is -0.426. The molecule has 7 nitrogen and oxygen atoms in total. The normalized spacial score (nSPS) is 12.1. The van der Waals surface area contributed by atoms with Crippen molar-refractivity contribution in [1.82, 2.24) is 10.3 Å². The average Bonchev–Trinajstić information content (AvgIpc) is 3.13. The number of nitro benzene ring substituents is 1. The van der Waals surface area contributed by atoms with Gasteiger partial charge in [0.05, 0.1) is 12.0 Å². The molecule has 1 amide bonds. The van der Waals surface area contributed by atoms with Crippen LogP contribution in [0.5, 0.6) is 5.75 Å². The lowest BCUT2D eigenvalue weighted by Gasteiger charge is -2.18. The molecule has 3 aromatic rings. The number of non-ortho nitro benzene ring substituents is 1. The molecule has 1 atom stereocenters. The molecule has 0 bridgehead atoms. The van der Waals surface area contributed by atoms with Crippen LogP contribution < -0.4 is 10.1 Å². The summed E-state index contributed by atoms with van der Waals surface area (Å²) in [5.74, 6) is 0.780. The van der Waals surface area contributed by atoms with E-state index in [0.29, 0.717) is 12.5 Å². The number of ether oxygens (including phenoxy) is 1. The Hall–Kier alpha value is -3.35. The van der Waals surface area contributed by atoms with Crippen LogP contribution in [-0.4, -0.2) is 29.5 Å². The summed E-state index contributed by atoms with van der Waals surface area (Å²) in [4.78, 5) is 26.4. The fraction of sp³-hybridized carbons (Fsp3) is 0.318. The summed E-state index contributed by atoms with van der Waals surface area (Å²) in [7, 11) is 1.61. The van der Waals surface area contributed by atoms with Gasteiger partial charge in [-0.25, -0.2) is 0 Å². The number of rotatable bonds is 8. The van der Waals surface area contributed by atoms with E-state index in [1.165, 1.54) is 12.1 Å². The number of aromatic amines is 1. The summed E-state index contributed by atoms with van der Waals surface area (Å²) in [6.07, 6.45) is 2.14. The molecule has 0 saturated carbocycles. The van der Waals surface area contributed by atoms with Gasteiger partial charge >= 0.3 is 0 Å². The number of fused-ring (bicyclic) bond motifs is 1. The maximum atomic E-state index is 12.6. The van der Waals surface area contributed by atoms with Gasteiger partial charge in [-0.3, -0.25) is 14.9 Å². The van der Waals surface area contributed by atoms with Crippen molar-refractivity contribution in [1.29, 1.82) is 0 Å². The highest BCUT2D eigenvalue weighted by atomic mass is 16.6. The summed E-state index contributed by atoms with van der Waals surface area (Å²) in [6, 6.07) is 12.1. The Morgan fingerprint density at radius 1 is 1.21 bits per heavy atom. The minimum absolute atomic E-state index is 0.0253. The highest BCUT2D eigenvalue weighted by molar-refractivity contribution is 5.87. The Morgan fingerprint density at radius 3 is 2.55 bits per heavy atom. The van der Waals surface area contributed by atoms with E-state index in [9.17, 15) is 14.9 Å². The predicted octanol–water partition coefficient (Wildman–Crippen LogP) is 4.38. The zero-order valence-corrected chi connectivity index (χ0v) is 16.8. The molecule has 3 rings (SSSR count). The summed E-state index contributed by atoms with van der Waals surface area (Å²) in [5.41, 5.74) is 2.76. The lowest BCUT2D eigenvalue weighted by atomic mass is 9.87. The lowest BCUT2D eigenvalue weighted by molar-refractivity contribution is -0.384. The number of nitrogens with zero attached hydrogens (tertiary/aromatic N) is 1. The third-order valence-corrected chi connectivity index (χ3v) is 4.90. The fourth-order valence-electron chi connectivity index (χ4n) is 3.35. The summed E-state index contributed by atoms with van der Waals surface area (Å²) >= 11 is 0. The first-order chi connectivity index (χ1) is 13.9. The number of benzene rings is 2. The topological polar surface area (TPSA) is 97.3 Å². The maximum Gasteiger partial charge on any atom is 0.269 e. The number of nitro groups is 1. The van der Waals surface area contributed by atoms with Crippen LogP contribution in [0.1, 0.15) is 37.3 Å². The summed E-state index contributed by atoms with van der Waals surface area (Å²) in [6.45, 7) is 4.69. The van der Waals surface area contributed by atoms with Crippen LogP contribution in [0.2, 0.25) is 0 Å². The van der Waals surface area contributed by atoms with E-state index in [4.69, 9.17) is 4.74 Å².